The van der Waals surface area contributed by atoms with E-state index < -0.39 is 5.54 Å². The molecule has 0 aromatic heterocycles. The van der Waals surface area contributed by atoms with Crippen LogP contribution in [-0.4, -0.2) is 42.1 Å². The number of nitrogens with zero attached hydrogens (tertiary/aromatic N) is 1. The lowest BCUT2D eigenvalue weighted by Gasteiger charge is -2.33. The summed E-state index contributed by atoms with van der Waals surface area (Å²) in [5, 5.41) is 0. The van der Waals surface area contributed by atoms with E-state index in [1.807, 2.05) is 31.2 Å². The number of nitrogens with two attached hydrogens (primary N) is 1. The van der Waals surface area contributed by atoms with Gasteiger partial charge in [-0.2, -0.15) is 0 Å². The van der Waals surface area contributed by atoms with Crippen LogP contribution in [0.15, 0.2) is 24.3 Å². The highest BCUT2D eigenvalue weighted by Gasteiger charge is 2.30. The SMILES string of the molecule is CCN(CC1COc2ccccc2O1)C(=O)C(C)(C)N. The molecular formula is C15H22N2O3. The zero-order valence-corrected chi connectivity index (χ0v) is 12.3. The Hall–Kier alpha value is -1.75. The van der Waals surface area contributed by atoms with Crippen LogP contribution in [0.1, 0.15) is 20.8 Å². The summed E-state index contributed by atoms with van der Waals surface area (Å²) in [5.74, 6) is 1.39. The number of benzene rings is 1. The quantitative estimate of drug-likeness (QED) is 0.904. The summed E-state index contributed by atoms with van der Waals surface area (Å²) in [4.78, 5) is 13.9. The molecule has 0 spiro atoms. The second-order valence-corrected chi connectivity index (χ2v) is 5.56. The molecule has 1 aromatic carbocycles. The number of hydrogen-bond acceptors (Lipinski definition) is 4. The van der Waals surface area contributed by atoms with Gasteiger partial charge in [-0.25, -0.2) is 0 Å². The molecule has 1 aliphatic heterocycles. The van der Waals surface area contributed by atoms with Crippen molar-refractivity contribution >= 4 is 5.91 Å². The van der Waals surface area contributed by atoms with Crippen molar-refractivity contribution < 1.29 is 14.3 Å². The summed E-state index contributed by atoms with van der Waals surface area (Å²) < 4.78 is 11.5. The van der Waals surface area contributed by atoms with Crippen molar-refractivity contribution in [2.45, 2.75) is 32.4 Å². The number of carbonyl (C=O) groups is 1. The molecule has 1 amide bonds. The third-order valence-corrected chi connectivity index (χ3v) is 3.21. The number of likely N-dealkylation sites (N-methyl/N-ethyl adjacent to an activating group) is 1. The molecule has 1 unspecified atom stereocenters. The monoisotopic (exact) mass is 278 g/mol. The maximum absolute atomic E-state index is 12.2. The fourth-order valence-corrected chi connectivity index (χ4v) is 2.16. The molecule has 0 saturated heterocycles. The van der Waals surface area contributed by atoms with Crippen LogP contribution in [0.2, 0.25) is 0 Å². The fourth-order valence-electron chi connectivity index (χ4n) is 2.16. The highest BCUT2D eigenvalue weighted by molar-refractivity contribution is 5.85. The molecule has 1 atom stereocenters. The molecule has 5 heteroatoms. The molecular weight excluding hydrogens is 256 g/mol. The Labute approximate surface area is 119 Å². The molecule has 0 bridgehead atoms. The summed E-state index contributed by atoms with van der Waals surface area (Å²) >= 11 is 0. The van der Waals surface area contributed by atoms with Crippen LogP contribution in [0.3, 0.4) is 0 Å². The normalized spacial score (nSPS) is 17.7. The number of fused-ring (bicyclic) bond motifs is 1. The van der Waals surface area contributed by atoms with Gasteiger partial charge in [0.2, 0.25) is 5.91 Å². The number of rotatable bonds is 4. The van der Waals surface area contributed by atoms with Crippen molar-refractivity contribution in [3.8, 4) is 11.5 Å². The molecule has 110 valence electrons. The van der Waals surface area contributed by atoms with E-state index in [4.69, 9.17) is 15.2 Å². The van der Waals surface area contributed by atoms with Crippen molar-refractivity contribution in [1.82, 2.24) is 4.90 Å². The van der Waals surface area contributed by atoms with Gasteiger partial charge in [0.05, 0.1) is 12.1 Å². The molecule has 20 heavy (non-hydrogen) atoms. The van der Waals surface area contributed by atoms with Crippen LogP contribution in [-0.2, 0) is 4.79 Å². The standard InChI is InChI=1S/C15H22N2O3/c1-4-17(14(18)15(2,3)16)9-11-10-19-12-7-5-6-8-13(12)20-11/h5-8,11H,4,9-10,16H2,1-3H3. The van der Waals surface area contributed by atoms with Crippen LogP contribution in [0.4, 0.5) is 0 Å². The van der Waals surface area contributed by atoms with E-state index >= 15 is 0 Å². The second-order valence-electron chi connectivity index (χ2n) is 5.56. The minimum atomic E-state index is -0.872. The topological polar surface area (TPSA) is 64.8 Å². The molecule has 1 heterocycles. The summed E-state index contributed by atoms with van der Waals surface area (Å²) in [6.07, 6.45) is -0.170. The van der Waals surface area contributed by atoms with E-state index in [0.29, 0.717) is 19.7 Å². The first-order valence-corrected chi connectivity index (χ1v) is 6.88. The Morgan fingerprint density at radius 1 is 1.40 bits per heavy atom. The van der Waals surface area contributed by atoms with Crippen molar-refractivity contribution in [1.29, 1.82) is 0 Å². The zero-order valence-electron chi connectivity index (χ0n) is 12.3. The highest BCUT2D eigenvalue weighted by Crippen LogP contribution is 2.31. The first kappa shape index (κ1) is 14.7. The minimum absolute atomic E-state index is 0.0811. The maximum Gasteiger partial charge on any atom is 0.242 e. The smallest absolute Gasteiger partial charge is 0.242 e. The van der Waals surface area contributed by atoms with E-state index in [9.17, 15) is 4.79 Å². The Morgan fingerprint density at radius 2 is 2.05 bits per heavy atom. The summed E-state index contributed by atoms with van der Waals surface area (Å²) in [7, 11) is 0. The van der Waals surface area contributed by atoms with Gasteiger partial charge in [0.15, 0.2) is 17.6 Å². The lowest BCUT2D eigenvalue weighted by atomic mass is 10.1. The highest BCUT2D eigenvalue weighted by atomic mass is 16.6. The van der Waals surface area contributed by atoms with Crippen molar-refractivity contribution in [2.75, 3.05) is 19.7 Å². The predicted octanol–water partition coefficient (Wildman–Crippen LogP) is 1.41. The van der Waals surface area contributed by atoms with Gasteiger partial charge in [0.1, 0.15) is 6.61 Å². The van der Waals surface area contributed by atoms with Crippen LogP contribution in [0.25, 0.3) is 0 Å². The molecule has 0 radical (unpaired) electrons. The fraction of sp³-hybridized carbons (Fsp3) is 0.533. The average Bonchev–Trinajstić information content (AvgIpc) is 2.43. The maximum atomic E-state index is 12.2. The van der Waals surface area contributed by atoms with Crippen LogP contribution < -0.4 is 15.2 Å². The van der Waals surface area contributed by atoms with Gasteiger partial charge in [-0.05, 0) is 32.9 Å². The zero-order chi connectivity index (χ0) is 14.8. The Morgan fingerprint density at radius 3 is 2.65 bits per heavy atom. The Balaban J connectivity index is 2.02. The van der Waals surface area contributed by atoms with Gasteiger partial charge in [0, 0.05) is 6.54 Å². The number of amides is 1. The minimum Gasteiger partial charge on any atom is -0.486 e. The predicted molar refractivity (Wildman–Crippen MR) is 76.9 cm³/mol. The van der Waals surface area contributed by atoms with Gasteiger partial charge in [-0.1, -0.05) is 12.1 Å². The molecule has 0 aliphatic carbocycles. The van der Waals surface area contributed by atoms with Crippen LogP contribution >= 0.6 is 0 Å². The van der Waals surface area contributed by atoms with Crippen molar-refractivity contribution in [3.05, 3.63) is 24.3 Å². The van der Waals surface area contributed by atoms with Gasteiger partial charge in [0.25, 0.3) is 0 Å². The lowest BCUT2D eigenvalue weighted by Crippen LogP contribution is -2.54. The van der Waals surface area contributed by atoms with Crippen LogP contribution in [0.5, 0.6) is 11.5 Å². The van der Waals surface area contributed by atoms with Gasteiger partial charge in [-0.15, -0.1) is 0 Å². The van der Waals surface area contributed by atoms with Gasteiger partial charge >= 0.3 is 0 Å². The second kappa shape index (κ2) is 5.71. The summed E-state index contributed by atoms with van der Waals surface area (Å²) in [6.45, 7) is 6.87. The van der Waals surface area contributed by atoms with Crippen LogP contribution in [0, 0.1) is 0 Å². The molecule has 5 nitrogen and oxygen atoms in total. The van der Waals surface area contributed by atoms with E-state index in [1.165, 1.54) is 0 Å². The summed E-state index contributed by atoms with van der Waals surface area (Å²) in [5.41, 5.74) is 5.00. The van der Waals surface area contributed by atoms with Gasteiger partial charge in [-0.3, -0.25) is 4.79 Å². The summed E-state index contributed by atoms with van der Waals surface area (Å²) in [6, 6.07) is 7.54. The number of ether oxygens (including phenoxy) is 2. The molecule has 1 aromatic rings. The Kier molecular flexibility index (Phi) is 4.18. The third kappa shape index (κ3) is 3.22. The van der Waals surface area contributed by atoms with E-state index in [2.05, 4.69) is 0 Å². The van der Waals surface area contributed by atoms with Gasteiger partial charge < -0.3 is 20.1 Å². The molecule has 1 aliphatic rings. The van der Waals surface area contributed by atoms with Crippen molar-refractivity contribution in [2.24, 2.45) is 5.73 Å². The van der Waals surface area contributed by atoms with E-state index in [-0.39, 0.29) is 12.0 Å². The largest absolute Gasteiger partial charge is 0.486 e. The first-order valence-electron chi connectivity index (χ1n) is 6.88. The molecule has 0 fully saturated rings. The third-order valence-electron chi connectivity index (χ3n) is 3.21. The van der Waals surface area contributed by atoms with E-state index in [0.717, 1.165) is 11.5 Å². The average molecular weight is 278 g/mol. The molecule has 2 N–H and O–H groups in total. The molecule has 0 saturated carbocycles. The van der Waals surface area contributed by atoms with Crippen molar-refractivity contribution in [3.63, 3.8) is 0 Å². The molecule has 2 rings (SSSR count). The number of carbonyl (C=O) groups excluding carboxylic acids is 1. The Bertz CT molecular complexity index is 482. The first-order chi connectivity index (χ1) is 9.41. The lowest BCUT2D eigenvalue weighted by molar-refractivity contribution is -0.137. The van der Waals surface area contributed by atoms with E-state index in [1.54, 1.807) is 18.7 Å². The number of para-hydroxylation sites is 2. The number of hydrogen-bond donors (Lipinski definition) is 1.